The van der Waals surface area contributed by atoms with Gasteiger partial charge in [0.15, 0.2) is 0 Å². The lowest BCUT2D eigenvalue weighted by atomic mass is 10.1. The van der Waals surface area contributed by atoms with E-state index >= 15 is 0 Å². The fourth-order valence-corrected chi connectivity index (χ4v) is 4.40. The van der Waals surface area contributed by atoms with Crippen molar-refractivity contribution in [2.75, 3.05) is 0 Å². The maximum absolute atomic E-state index is 12.5. The quantitative estimate of drug-likeness (QED) is 0.757. The summed E-state index contributed by atoms with van der Waals surface area (Å²) in [5.41, 5.74) is 1.99. The second kappa shape index (κ2) is 6.28. The van der Waals surface area contributed by atoms with Crippen LogP contribution in [0.4, 0.5) is 0 Å². The minimum absolute atomic E-state index is 0.0380. The maximum atomic E-state index is 12.5. The van der Waals surface area contributed by atoms with Gasteiger partial charge in [-0.2, -0.15) is 0 Å². The Morgan fingerprint density at radius 2 is 1.31 bits per heavy atom. The zero-order chi connectivity index (χ0) is 18.1. The van der Waals surface area contributed by atoms with Crippen LogP contribution in [0.1, 0.15) is 21.5 Å². The summed E-state index contributed by atoms with van der Waals surface area (Å²) >= 11 is 0. The molecule has 5 heteroatoms. The number of benzene rings is 3. The van der Waals surface area contributed by atoms with Crippen molar-refractivity contribution in [1.29, 1.82) is 0 Å². The minimum Gasteiger partial charge on any atom is -0.268 e. The van der Waals surface area contributed by atoms with Crippen LogP contribution >= 0.6 is 0 Å². The molecule has 0 bridgehead atoms. The van der Waals surface area contributed by atoms with Gasteiger partial charge < -0.3 is 0 Å². The van der Waals surface area contributed by atoms with Gasteiger partial charge in [-0.1, -0.05) is 66.7 Å². The molecule has 3 aromatic carbocycles. The van der Waals surface area contributed by atoms with Crippen LogP contribution < -0.4 is 15.2 Å². The lowest BCUT2D eigenvalue weighted by Crippen LogP contribution is -2.31. The topological polar surface area (TPSA) is 63.2 Å². The molecule has 0 radical (unpaired) electrons. The van der Waals surface area contributed by atoms with Gasteiger partial charge in [0.25, 0.3) is 15.9 Å². The predicted molar refractivity (Wildman–Crippen MR) is 100 cm³/mol. The molecule has 1 amide bonds. The monoisotopic (exact) mass is 361 g/mol. The van der Waals surface area contributed by atoms with Gasteiger partial charge in [-0.15, -0.1) is 0 Å². The van der Waals surface area contributed by atoms with Crippen molar-refractivity contribution < 1.29 is 13.2 Å². The van der Waals surface area contributed by atoms with E-state index < -0.39 is 15.9 Å². The summed E-state index contributed by atoms with van der Waals surface area (Å²) in [5, 5.41) is 1.25. The number of rotatable bonds is 2. The SMILES string of the molecule is O=C1NS(=O)(=O)c2c1ccc(=Cc1ccccc1)c2=Cc1ccccc1. The normalized spacial score (nSPS) is 16.4. The van der Waals surface area contributed by atoms with E-state index in [1.165, 1.54) is 0 Å². The summed E-state index contributed by atoms with van der Waals surface area (Å²) in [4.78, 5) is 12.1. The molecule has 1 aliphatic rings. The average molecular weight is 361 g/mol. The van der Waals surface area contributed by atoms with Crippen molar-refractivity contribution in [2.45, 2.75) is 4.90 Å². The van der Waals surface area contributed by atoms with Crippen LogP contribution in [0.3, 0.4) is 0 Å². The first kappa shape index (κ1) is 16.3. The summed E-state index contributed by atoms with van der Waals surface area (Å²) in [7, 11) is -3.87. The maximum Gasteiger partial charge on any atom is 0.266 e. The smallest absolute Gasteiger partial charge is 0.266 e. The van der Waals surface area contributed by atoms with Crippen molar-refractivity contribution >= 4 is 28.1 Å². The van der Waals surface area contributed by atoms with E-state index in [-0.39, 0.29) is 10.5 Å². The second-order valence-electron chi connectivity index (χ2n) is 5.99. The number of carbonyl (C=O) groups is 1. The third-order valence-corrected chi connectivity index (χ3v) is 5.63. The van der Waals surface area contributed by atoms with E-state index in [9.17, 15) is 13.2 Å². The lowest BCUT2D eigenvalue weighted by Gasteiger charge is -2.01. The van der Waals surface area contributed by atoms with Gasteiger partial charge in [0.1, 0.15) is 4.90 Å². The van der Waals surface area contributed by atoms with Gasteiger partial charge in [-0.3, -0.25) is 4.79 Å². The molecule has 3 aromatic rings. The van der Waals surface area contributed by atoms with Crippen LogP contribution in [0.5, 0.6) is 0 Å². The van der Waals surface area contributed by atoms with Crippen molar-refractivity contribution in [2.24, 2.45) is 0 Å². The van der Waals surface area contributed by atoms with E-state index in [2.05, 4.69) is 4.72 Å². The molecule has 0 saturated heterocycles. The summed E-state index contributed by atoms with van der Waals surface area (Å²) in [6.07, 6.45) is 3.71. The van der Waals surface area contributed by atoms with E-state index in [1.54, 1.807) is 18.2 Å². The molecule has 128 valence electrons. The Hall–Kier alpha value is -3.18. The Morgan fingerprint density at radius 1 is 0.731 bits per heavy atom. The molecule has 0 unspecified atom stereocenters. The van der Waals surface area contributed by atoms with Crippen molar-refractivity contribution in [3.05, 3.63) is 99.9 Å². The van der Waals surface area contributed by atoms with E-state index in [0.717, 1.165) is 16.3 Å². The lowest BCUT2D eigenvalue weighted by molar-refractivity contribution is 0.0985. The molecule has 26 heavy (non-hydrogen) atoms. The van der Waals surface area contributed by atoms with Gasteiger partial charge in [0, 0.05) is 5.22 Å². The third kappa shape index (κ3) is 2.93. The first-order valence-corrected chi connectivity index (χ1v) is 9.57. The fraction of sp³-hybridized carbons (Fsp3) is 0. The Balaban J connectivity index is 2.11. The van der Waals surface area contributed by atoms with Gasteiger partial charge in [0.2, 0.25) is 0 Å². The van der Waals surface area contributed by atoms with Crippen LogP contribution in [-0.2, 0) is 10.0 Å². The fourth-order valence-electron chi connectivity index (χ4n) is 3.03. The minimum atomic E-state index is -3.87. The molecule has 0 spiro atoms. The zero-order valence-electron chi connectivity index (χ0n) is 13.7. The Morgan fingerprint density at radius 3 is 1.92 bits per heavy atom. The van der Waals surface area contributed by atoms with E-state index in [1.807, 2.05) is 66.7 Å². The van der Waals surface area contributed by atoms with Crippen molar-refractivity contribution in [3.63, 3.8) is 0 Å². The number of sulfonamides is 1. The molecule has 0 fully saturated rings. The summed E-state index contributed by atoms with van der Waals surface area (Å²) < 4.78 is 27.1. The largest absolute Gasteiger partial charge is 0.268 e. The summed E-state index contributed by atoms with van der Waals surface area (Å²) in [5.74, 6) is -0.589. The Kier molecular flexibility index (Phi) is 3.93. The standard InChI is InChI=1S/C21H15NO3S/c23-21-18-12-11-17(13-15-7-3-1-4-8-15)19(20(18)26(24,25)22-21)14-16-9-5-2-6-10-16/h1-14H,(H,22,23). The molecule has 1 aliphatic heterocycles. The molecule has 1 heterocycles. The number of hydrogen-bond donors (Lipinski definition) is 1. The highest BCUT2D eigenvalue weighted by atomic mass is 32.2. The number of fused-ring (bicyclic) bond motifs is 1. The number of hydrogen-bond acceptors (Lipinski definition) is 3. The number of carbonyl (C=O) groups excluding carboxylic acids is 1. The van der Waals surface area contributed by atoms with E-state index in [4.69, 9.17) is 0 Å². The van der Waals surface area contributed by atoms with Crippen LogP contribution in [0, 0.1) is 0 Å². The number of amides is 1. The number of nitrogens with one attached hydrogen (secondary N) is 1. The van der Waals surface area contributed by atoms with Crippen molar-refractivity contribution in [3.8, 4) is 0 Å². The van der Waals surface area contributed by atoms with Crippen LogP contribution in [0.15, 0.2) is 77.7 Å². The molecule has 1 N–H and O–H groups in total. The first-order chi connectivity index (χ1) is 12.5. The summed E-state index contributed by atoms with van der Waals surface area (Å²) in [6, 6.07) is 22.4. The molecule has 0 aliphatic carbocycles. The zero-order valence-corrected chi connectivity index (χ0v) is 14.5. The van der Waals surface area contributed by atoms with Crippen LogP contribution in [0.25, 0.3) is 12.2 Å². The Labute approximate surface area is 151 Å². The molecule has 0 saturated carbocycles. The van der Waals surface area contributed by atoms with Gasteiger partial charge >= 0.3 is 0 Å². The van der Waals surface area contributed by atoms with Gasteiger partial charge in [-0.25, -0.2) is 13.1 Å². The predicted octanol–water partition coefficient (Wildman–Crippen LogP) is 1.78. The molecule has 0 atom stereocenters. The van der Waals surface area contributed by atoms with E-state index in [0.29, 0.717) is 5.22 Å². The molecule has 0 aromatic heterocycles. The second-order valence-corrected chi connectivity index (χ2v) is 7.61. The summed E-state index contributed by atoms with van der Waals surface area (Å²) in [6.45, 7) is 0. The Bertz CT molecular complexity index is 1220. The molecular formula is C21H15NO3S. The highest BCUT2D eigenvalue weighted by molar-refractivity contribution is 7.90. The molecular weight excluding hydrogens is 346 g/mol. The average Bonchev–Trinajstić information content (AvgIpc) is 2.87. The van der Waals surface area contributed by atoms with Crippen molar-refractivity contribution in [1.82, 2.24) is 4.72 Å². The molecule has 4 rings (SSSR count). The highest BCUT2D eigenvalue weighted by Crippen LogP contribution is 2.17. The first-order valence-electron chi connectivity index (χ1n) is 8.08. The van der Waals surface area contributed by atoms with Gasteiger partial charge in [0.05, 0.1) is 5.56 Å². The highest BCUT2D eigenvalue weighted by Gasteiger charge is 2.33. The van der Waals surface area contributed by atoms with Crippen LogP contribution in [-0.4, -0.2) is 14.3 Å². The third-order valence-electron chi connectivity index (χ3n) is 4.20. The van der Waals surface area contributed by atoms with Gasteiger partial charge in [-0.05, 0) is 34.6 Å². The van der Waals surface area contributed by atoms with Crippen LogP contribution in [0.2, 0.25) is 0 Å². The molecule has 4 nitrogen and oxygen atoms in total.